The Morgan fingerprint density at radius 2 is 2.05 bits per heavy atom. The fourth-order valence-electron chi connectivity index (χ4n) is 3.46. The van der Waals surface area contributed by atoms with Crippen molar-refractivity contribution < 1.29 is 4.74 Å². The smallest absolute Gasteiger partial charge is 0.146 e. The maximum Gasteiger partial charge on any atom is 0.146 e. The van der Waals surface area contributed by atoms with Crippen molar-refractivity contribution in [2.75, 3.05) is 26.3 Å². The standard InChI is InChI=1S/C16H28N4O/c1-12(2)16-18-17-15(19(16)3)10-20-7-8-21-11-14(9-20)13-5-4-6-13/h12-14H,4-11H2,1-3H3. The van der Waals surface area contributed by atoms with E-state index in [0.717, 1.165) is 50.4 Å². The van der Waals surface area contributed by atoms with Crippen LogP contribution in [0.1, 0.15) is 50.7 Å². The summed E-state index contributed by atoms with van der Waals surface area (Å²) < 4.78 is 7.98. The first-order valence-electron chi connectivity index (χ1n) is 8.33. The van der Waals surface area contributed by atoms with Crippen LogP contribution < -0.4 is 0 Å². The molecule has 0 aromatic carbocycles. The number of ether oxygens (including phenoxy) is 1. The number of rotatable bonds is 4. The summed E-state index contributed by atoms with van der Waals surface area (Å²) in [5.74, 6) is 4.17. The zero-order valence-electron chi connectivity index (χ0n) is 13.6. The van der Waals surface area contributed by atoms with Gasteiger partial charge in [0.2, 0.25) is 0 Å². The molecule has 1 aromatic rings. The Labute approximate surface area is 127 Å². The Bertz CT molecular complexity index is 467. The van der Waals surface area contributed by atoms with E-state index in [4.69, 9.17) is 4.74 Å². The van der Waals surface area contributed by atoms with E-state index < -0.39 is 0 Å². The first-order valence-corrected chi connectivity index (χ1v) is 8.33. The summed E-state index contributed by atoms with van der Waals surface area (Å²) in [6.45, 7) is 9.17. The van der Waals surface area contributed by atoms with Gasteiger partial charge in [0.15, 0.2) is 0 Å². The predicted molar refractivity (Wildman–Crippen MR) is 82.0 cm³/mol. The lowest BCUT2D eigenvalue weighted by atomic mass is 9.76. The second-order valence-corrected chi connectivity index (χ2v) is 6.95. The molecule has 1 atom stereocenters. The molecule has 2 heterocycles. The third-order valence-corrected chi connectivity index (χ3v) is 5.07. The van der Waals surface area contributed by atoms with Crippen molar-refractivity contribution in [2.24, 2.45) is 18.9 Å². The van der Waals surface area contributed by atoms with Crippen LogP contribution in [-0.2, 0) is 18.3 Å². The quantitative estimate of drug-likeness (QED) is 0.853. The van der Waals surface area contributed by atoms with Crippen LogP contribution in [0, 0.1) is 11.8 Å². The maximum absolute atomic E-state index is 5.82. The molecule has 1 aromatic heterocycles. The first-order chi connectivity index (χ1) is 10.1. The second-order valence-electron chi connectivity index (χ2n) is 6.95. The fraction of sp³-hybridized carbons (Fsp3) is 0.875. The van der Waals surface area contributed by atoms with E-state index in [1.807, 2.05) is 0 Å². The van der Waals surface area contributed by atoms with E-state index in [9.17, 15) is 0 Å². The molecule has 1 saturated heterocycles. The molecule has 0 amide bonds. The van der Waals surface area contributed by atoms with Crippen molar-refractivity contribution in [3.05, 3.63) is 11.6 Å². The third kappa shape index (κ3) is 3.29. The van der Waals surface area contributed by atoms with Crippen molar-refractivity contribution in [2.45, 2.75) is 45.6 Å². The second kappa shape index (κ2) is 6.44. The Morgan fingerprint density at radius 1 is 1.24 bits per heavy atom. The fourth-order valence-corrected chi connectivity index (χ4v) is 3.46. The molecule has 1 saturated carbocycles. The molecule has 5 nitrogen and oxygen atoms in total. The van der Waals surface area contributed by atoms with Gasteiger partial charge in [0.25, 0.3) is 0 Å². The molecular weight excluding hydrogens is 264 g/mol. The number of aromatic nitrogens is 3. The predicted octanol–water partition coefficient (Wildman–Crippen LogP) is 2.19. The Morgan fingerprint density at radius 3 is 2.67 bits per heavy atom. The first kappa shape index (κ1) is 15.0. The molecule has 118 valence electrons. The Kier molecular flexibility index (Phi) is 4.60. The van der Waals surface area contributed by atoms with Gasteiger partial charge in [0.1, 0.15) is 11.6 Å². The van der Waals surface area contributed by atoms with Crippen LogP contribution >= 0.6 is 0 Å². The molecule has 1 aliphatic heterocycles. The minimum Gasteiger partial charge on any atom is -0.380 e. The molecule has 2 fully saturated rings. The highest BCUT2D eigenvalue weighted by Crippen LogP contribution is 2.34. The van der Waals surface area contributed by atoms with E-state index in [1.54, 1.807) is 0 Å². The molecule has 1 unspecified atom stereocenters. The van der Waals surface area contributed by atoms with Crippen molar-refractivity contribution in [1.82, 2.24) is 19.7 Å². The number of nitrogens with zero attached hydrogens (tertiary/aromatic N) is 4. The number of hydrogen-bond donors (Lipinski definition) is 0. The van der Waals surface area contributed by atoms with Gasteiger partial charge in [-0.1, -0.05) is 33.1 Å². The average Bonchev–Trinajstić information content (AvgIpc) is 2.60. The van der Waals surface area contributed by atoms with Gasteiger partial charge >= 0.3 is 0 Å². The van der Waals surface area contributed by atoms with Crippen molar-refractivity contribution in [1.29, 1.82) is 0 Å². The van der Waals surface area contributed by atoms with E-state index in [2.05, 4.69) is 40.6 Å². The van der Waals surface area contributed by atoms with Crippen LogP contribution in [0.3, 0.4) is 0 Å². The molecule has 2 aliphatic rings. The van der Waals surface area contributed by atoms with Crippen LogP contribution in [0.4, 0.5) is 0 Å². The molecule has 3 rings (SSSR count). The van der Waals surface area contributed by atoms with Crippen LogP contribution in [0.25, 0.3) is 0 Å². The average molecular weight is 292 g/mol. The van der Waals surface area contributed by atoms with Crippen LogP contribution in [0.2, 0.25) is 0 Å². The monoisotopic (exact) mass is 292 g/mol. The minimum absolute atomic E-state index is 0.423. The molecule has 5 heteroatoms. The van der Waals surface area contributed by atoms with Gasteiger partial charge in [-0.2, -0.15) is 0 Å². The summed E-state index contributed by atoms with van der Waals surface area (Å²) in [5.41, 5.74) is 0. The molecule has 0 radical (unpaired) electrons. The highest BCUT2D eigenvalue weighted by atomic mass is 16.5. The SMILES string of the molecule is CC(C)c1nnc(CN2CCOCC(C3CCC3)C2)n1C. The van der Waals surface area contributed by atoms with Gasteiger partial charge < -0.3 is 9.30 Å². The van der Waals surface area contributed by atoms with E-state index in [1.165, 1.54) is 19.3 Å². The van der Waals surface area contributed by atoms with Crippen molar-refractivity contribution in [3.63, 3.8) is 0 Å². The zero-order valence-corrected chi connectivity index (χ0v) is 13.6. The summed E-state index contributed by atoms with van der Waals surface area (Å²) in [6, 6.07) is 0. The lowest BCUT2D eigenvalue weighted by Crippen LogP contribution is -2.35. The molecule has 0 bridgehead atoms. The van der Waals surface area contributed by atoms with Crippen LogP contribution in [0.15, 0.2) is 0 Å². The van der Waals surface area contributed by atoms with Gasteiger partial charge in [-0.25, -0.2) is 0 Å². The normalized spacial score (nSPS) is 25.0. The van der Waals surface area contributed by atoms with E-state index in [0.29, 0.717) is 11.8 Å². The van der Waals surface area contributed by atoms with E-state index in [-0.39, 0.29) is 0 Å². The lowest BCUT2D eigenvalue weighted by molar-refractivity contribution is 0.0769. The summed E-state index contributed by atoms with van der Waals surface area (Å²) in [4.78, 5) is 2.50. The molecule has 0 spiro atoms. The summed E-state index contributed by atoms with van der Waals surface area (Å²) in [6.07, 6.45) is 4.19. The zero-order chi connectivity index (χ0) is 14.8. The highest BCUT2D eigenvalue weighted by molar-refractivity contribution is 4.99. The van der Waals surface area contributed by atoms with Crippen LogP contribution in [-0.4, -0.2) is 46.0 Å². The summed E-state index contributed by atoms with van der Waals surface area (Å²) in [5, 5.41) is 8.74. The highest BCUT2D eigenvalue weighted by Gasteiger charge is 2.30. The van der Waals surface area contributed by atoms with Crippen molar-refractivity contribution in [3.8, 4) is 0 Å². The molecular formula is C16H28N4O. The third-order valence-electron chi connectivity index (χ3n) is 5.07. The number of hydrogen-bond acceptors (Lipinski definition) is 4. The molecule has 1 aliphatic carbocycles. The lowest BCUT2D eigenvalue weighted by Gasteiger charge is -2.34. The largest absolute Gasteiger partial charge is 0.380 e. The van der Waals surface area contributed by atoms with Gasteiger partial charge in [0.05, 0.1) is 19.8 Å². The summed E-state index contributed by atoms with van der Waals surface area (Å²) in [7, 11) is 2.09. The maximum atomic E-state index is 5.82. The van der Waals surface area contributed by atoms with Crippen LogP contribution in [0.5, 0.6) is 0 Å². The topological polar surface area (TPSA) is 43.2 Å². The van der Waals surface area contributed by atoms with Gasteiger partial charge in [-0.3, -0.25) is 4.90 Å². The van der Waals surface area contributed by atoms with Gasteiger partial charge in [0, 0.05) is 26.1 Å². The Balaban J connectivity index is 1.65. The van der Waals surface area contributed by atoms with Gasteiger partial charge in [-0.15, -0.1) is 10.2 Å². The van der Waals surface area contributed by atoms with Crippen molar-refractivity contribution >= 4 is 0 Å². The molecule has 0 N–H and O–H groups in total. The summed E-state index contributed by atoms with van der Waals surface area (Å²) >= 11 is 0. The Hall–Kier alpha value is -0.940. The van der Waals surface area contributed by atoms with E-state index >= 15 is 0 Å². The molecule has 21 heavy (non-hydrogen) atoms. The minimum atomic E-state index is 0.423. The van der Waals surface area contributed by atoms with Gasteiger partial charge in [-0.05, 0) is 11.8 Å².